The van der Waals surface area contributed by atoms with E-state index in [1.54, 1.807) is 7.11 Å². The largest absolute Gasteiger partial charge is 0.496 e. The molecule has 0 aliphatic carbocycles. The number of nitrogens with zero attached hydrogens (tertiary/aromatic N) is 3. The maximum atomic E-state index is 5.94. The molecule has 1 aromatic heterocycles. The van der Waals surface area contributed by atoms with Crippen LogP contribution in [-0.2, 0) is 13.2 Å². The summed E-state index contributed by atoms with van der Waals surface area (Å²) in [4.78, 5) is 9.26. The molecule has 0 atom stereocenters. The molecule has 5 nitrogen and oxygen atoms in total. The van der Waals surface area contributed by atoms with E-state index in [9.17, 15) is 0 Å². The van der Waals surface area contributed by atoms with Crippen molar-refractivity contribution in [3.05, 3.63) is 84.1 Å². The van der Waals surface area contributed by atoms with E-state index in [0.29, 0.717) is 6.61 Å². The summed E-state index contributed by atoms with van der Waals surface area (Å²) in [6.45, 7) is 5.41. The maximum Gasteiger partial charge on any atom is 0.128 e. The number of pyridine rings is 1. The molecular formula is C24H27N3O2. The van der Waals surface area contributed by atoms with E-state index < -0.39 is 0 Å². The lowest BCUT2D eigenvalue weighted by Crippen LogP contribution is -2.46. The van der Waals surface area contributed by atoms with Crippen molar-refractivity contribution in [2.45, 2.75) is 13.2 Å². The number of hydrogen-bond donors (Lipinski definition) is 0. The lowest BCUT2D eigenvalue weighted by atomic mass is 10.1. The van der Waals surface area contributed by atoms with E-state index in [0.717, 1.165) is 55.6 Å². The van der Waals surface area contributed by atoms with Gasteiger partial charge < -0.3 is 14.4 Å². The molecule has 0 amide bonds. The minimum atomic E-state index is 0.554. The summed E-state index contributed by atoms with van der Waals surface area (Å²) in [6.07, 6.45) is 1.86. The molecule has 2 aromatic carbocycles. The minimum absolute atomic E-state index is 0.554. The summed E-state index contributed by atoms with van der Waals surface area (Å²) >= 11 is 0. The standard InChI is InChI=1S/C24H27N3O2/c1-28-23-17-22(29-19-20-7-3-2-4-8-20)11-10-21(23)18-26-13-15-27(16-14-26)24-9-5-6-12-25-24/h2-12,17H,13-16,18-19H2,1H3. The van der Waals surface area contributed by atoms with Crippen LogP contribution in [0.1, 0.15) is 11.1 Å². The minimum Gasteiger partial charge on any atom is -0.496 e. The SMILES string of the molecule is COc1cc(OCc2ccccc2)ccc1CN1CCN(c2ccccn2)CC1. The van der Waals surface area contributed by atoms with Crippen molar-refractivity contribution >= 4 is 5.82 Å². The Morgan fingerprint density at radius 3 is 2.41 bits per heavy atom. The Hall–Kier alpha value is -3.05. The Balaban J connectivity index is 1.34. The predicted octanol–water partition coefficient (Wildman–Crippen LogP) is 3.99. The quantitative estimate of drug-likeness (QED) is 0.611. The number of methoxy groups -OCH3 is 1. The third-order valence-corrected chi connectivity index (χ3v) is 5.25. The molecule has 0 spiro atoms. The first-order chi connectivity index (χ1) is 14.3. The number of benzene rings is 2. The van der Waals surface area contributed by atoms with Crippen LogP contribution in [0.5, 0.6) is 11.5 Å². The molecule has 2 heterocycles. The summed E-state index contributed by atoms with van der Waals surface area (Å²) in [6, 6.07) is 22.4. The van der Waals surface area contributed by atoms with Crippen LogP contribution in [0.2, 0.25) is 0 Å². The van der Waals surface area contributed by atoms with E-state index in [4.69, 9.17) is 9.47 Å². The highest BCUT2D eigenvalue weighted by atomic mass is 16.5. The number of hydrogen-bond acceptors (Lipinski definition) is 5. The van der Waals surface area contributed by atoms with Crippen molar-refractivity contribution in [1.82, 2.24) is 9.88 Å². The molecule has 5 heteroatoms. The van der Waals surface area contributed by atoms with Crippen molar-refractivity contribution in [3.63, 3.8) is 0 Å². The van der Waals surface area contributed by atoms with Crippen LogP contribution in [0.3, 0.4) is 0 Å². The fourth-order valence-electron chi connectivity index (χ4n) is 3.60. The van der Waals surface area contributed by atoms with E-state index in [-0.39, 0.29) is 0 Å². The molecule has 1 saturated heterocycles. The fraction of sp³-hybridized carbons (Fsp3) is 0.292. The van der Waals surface area contributed by atoms with Gasteiger partial charge in [-0.1, -0.05) is 42.5 Å². The monoisotopic (exact) mass is 389 g/mol. The van der Waals surface area contributed by atoms with Crippen molar-refractivity contribution in [2.75, 3.05) is 38.2 Å². The first-order valence-electron chi connectivity index (χ1n) is 10.0. The van der Waals surface area contributed by atoms with Gasteiger partial charge in [0.15, 0.2) is 0 Å². The molecule has 0 bridgehead atoms. The number of rotatable bonds is 7. The van der Waals surface area contributed by atoms with Crippen LogP contribution in [0.15, 0.2) is 72.9 Å². The zero-order valence-electron chi connectivity index (χ0n) is 16.8. The van der Waals surface area contributed by atoms with Gasteiger partial charge in [0, 0.05) is 50.6 Å². The molecule has 150 valence electrons. The smallest absolute Gasteiger partial charge is 0.128 e. The topological polar surface area (TPSA) is 37.8 Å². The second kappa shape index (κ2) is 9.43. The number of anilines is 1. The second-order valence-electron chi connectivity index (χ2n) is 7.20. The fourth-order valence-corrected chi connectivity index (χ4v) is 3.60. The van der Waals surface area contributed by atoms with Crippen molar-refractivity contribution in [2.24, 2.45) is 0 Å². The number of aromatic nitrogens is 1. The van der Waals surface area contributed by atoms with Crippen LogP contribution in [0.25, 0.3) is 0 Å². The summed E-state index contributed by atoms with van der Waals surface area (Å²) in [7, 11) is 1.72. The van der Waals surface area contributed by atoms with Crippen LogP contribution >= 0.6 is 0 Å². The second-order valence-corrected chi connectivity index (χ2v) is 7.20. The van der Waals surface area contributed by atoms with Gasteiger partial charge in [-0.15, -0.1) is 0 Å². The Kier molecular flexibility index (Phi) is 6.27. The summed E-state index contributed by atoms with van der Waals surface area (Å²) in [5.41, 5.74) is 2.34. The summed E-state index contributed by atoms with van der Waals surface area (Å²) in [5, 5.41) is 0. The van der Waals surface area contributed by atoms with Gasteiger partial charge in [-0.05, 0) is 23.8 Å². The molecule has 1 aliphatic rings. The third kappa shape index (κ3) is 5.06. The summed E-state index contributed by atoms with van der Waals surface area (Å²) < 4.78 is 11.6. The molecule has 1 aliphatic heterocycles. The molecule has 29 heavy (non-hydrogen) atoms. The van der Waals surface area contributed by atoms with Crippen LogP contribution in [-0.4, -0.2) is 43.2 Å². The lowest BCUT2D eigenvalue weighted by molar-refractivity contribution is 0.245. The average Bonchev–Trinajstić information content (AvgIpc) is 2.80. The molecule has 0 unspecified atom stereocenters. The molecule has 0 saturated carbocycles. The van der Waals surface area contributed by atoms with Gasteiger partial charge in [0.2, 0.25) is 0 Å². The van der Waals surface area contributed by atoms with Crippen molar-refractivity contribution < 1.29 is 9.47 Å². The van der Waals surface area contributed by atoms with Gasteiger partial charge in [0.25, 0.3) is 0 Å². The van der Waals surface area contributed by atoms with Crippen LogP contribution in [0, 0.1) is 0 Å². The van der Waals surface area contributed by atoms with E-state index in [2.05, 4.69) is 39.0 Å². The van der Waals surface area contributed by atoms with E-state index >= 15 is 0 Å². The Bertz CT molecular complexity index is 895. The lowest BCUT2D eigenvalue weighted by Gasteiger charge is -2.35. The third-order valence-electron chi connectivity index (χ3n) is 5.25. The highest BCUT2D eigenvalue weighted by molar-refractivity contribution is 5.41. The van der Waals surface area contributed by atoms with Gasteiger partial charge in [-0.3, -0.25) is 4.90 Å². The average molecular weight is 389 g/mol. The van der Waals surface area contributed by atoms with Crippen molar-refractivity contribution in [3.8, 4) is 11.5 Å². The molecular weight excluding hydrogens is 362 g/mol. The van der Waals surface area contributed by atoms with Crippen molar-refractivity contribution in [1.29, 1.82) is 0 Å². The number of ether oxygens (including phenoxy) is 2. The molecule has 0 radical (unpaired) electrons. The van der Waals surface area contributed by atoms with E-state index in [1.807, 2.05) is 48.7 Å². The predicted molar refractivity (Wildman–Crippen MR) is 115 cm³/mol. The van der Waals surface area contributed by atoms with Gasteiger partial charge in [0.1, 0.15) is 23.9 Å². The molecule has 1 fully saturated rings. The molecule has 4 rings (SSSR count). The Morgan fingerprint density at radius 1 is 0.897 bits per heavy atom. The maximum absolute atomic E-state index is 5.94. The highest BCUT2D eigenvalue weighted by Gasteiger charge is 2.19. The summed E-state index contributed by atoms with van der Waals surface area (Å²) in [5.74, 6) is 2.77. The van der Waals surface area contributed by atoms with Crippen LogP contribution < -0.4 is 14.4 Å². The highest BCUT2D eigenvalue weighted by Crippen LogP contribution is 2.27. The Labute approximate surface area is 172 Å². The first-order valence-corrected chi connectivity index (χ1v) is 10.0. The number of piperazine rings is 1. The van der Waals surface area contributed by atoms with Gasteiger partial charge in [-0.2, -0.15) is 0 Å². The zero-order chi connectivity index (χ0) is 19.9. The Morgan fingerprint density at radius 2 is 1.69 bits per heavy atom. The van der Waals surface area contributed by atoms with Gasteiger partial charge in [-0.25, -0.2) is 4.98 Å². The first kappa shape index (κ1) is 19.3. The van der Waals surface area contributed by atoms with Gasteiger partial charge >= 0.3 is 0 Å². The van der Waals surface area contributed by atoms with E-state index in [1.165, 1.54) is 5.56 Å². The zero-order valence-corrected chi connectivity index (χ0v) is 16.8. The molecule has 3 aromatic rings. The van der Waals surface area contributed by atoms with Gasteiger partial charge in [0.05, 0.1) is 7.11 Å². The molecule has 0 N–H and O–H groups in total. The van der Waals surface area contributed by atoms with Crippen LogP contribution in [0.4, 0.5) is 5.82 Å². The normalized spacial score (nSPS) is 14.6.